The third-order valence-electron chi connectivity index (χ3n) is 6.01. The van der Waals surface area contributed by atoms with E-state index in [-0.39, 0.29) is 0 Å². The lowest BCUT2D eigenvalue weighted by atomic mass is 10.0. The second-order valence-corrected chi connectivity index (χ2v) is 7.42. The quantitative estimate of drug-likeness (QED) is 0.807. The van der Waals surface area contributed by atoms with Crippen molar-refractivity contribution in [2.75, 3.05) is 31.1 Å². The predicted octanol–water partition coefficient (Wildman–Crippen LogP) is 3.36. The number of aromatic nitrogens is 2. The zero-order valence-electron chi connectivity index (χ0n) is 15.4. The standard InChI is InChI=1S/C21H30N4/c1-2-23(15-16-25-12-4-11-22-25)20-9-13-24(14-10-20)21-8-7-18-5-3-6-19(18)17-21/h4,7-8,11-12,17,20H,2-3,5-6,9-10,13-16H2,1H3. The van der Waals surface area contributed by atoms with Crippen LogP contribution in [0.5, 0.6) is 0 Å². The Balaban J connectivity index is 1.32. The van der Waals surface area contributed by atoms with E-state index in [0.29, 0.717) is 6.04 Å². The summed E-state index contributed by atoms with van der Waals surface area (Å²) in [5, 5.41) is 4.33. The minimum atomic E-state index is 0.714. The highest BCUT2D eigenvalue weighted by Crippen LogP contribution is 2.29. The largest absolute Gasteiger partial charge is 0.371 e. The third-order valence-corrected chi connectivity index (χ3v) is 6.01. The minimum Gasteiger partial charge on any atom is -0.371 e. The molecule has 4 heteroatoms. The van der Waals surface area contributed by atoms with Gasteiger partial charge in [-0.15, -0.1) is 0 Å². The molecule has 0 spiro atoms. The fraction of sp³-hybridized carbons (Fsp3) is 0.571. The number of rotatable bonds is 6. The van der Waals surface area contributed by atoms with Crippen LogP contribution in [0.4, 0.5) is 5.69 Å². The van der Waals surface area contributed by atoms with Crippen LogP contribution in [0.2, 0.25) is 0 Å². The zero-order chi connectivity index (χ0) is 17.1. The smallest absolute Gasteiger partial charge is 0.0536 e. The molecule has 0 N–H and O–H groups in total. The van der Waals surface area contributed by atoms with Gasteiger partial charge in [-0.25, -0.2) is 0 Å². The van der Waals surface area contributed by atoms with Crippen molar-refractivity contribution >= 4 is 5.69 Å². The van der Waals surface area contributed by atoms with Crippen molar-refractivity contribution in [2.24, 2.45) is 0 Å². The predicted molar refractivity (Wildman–Crippen MR) is 103 cm³/mol. The van der Waals surface area contributed by atoms with Crippen molar-refractivity contribution < 1.29 is 0 Å². The molecule has 134 valence electrons. The minimum absolute atomic E-state index is 0.714. The first-order valence-corrected chi connectivity index (χ1v) is 9.91. The average molecular weight is 338 g/mol. The van der Waals surface area contributed by atoms with Gasteiger partial charge >= 0.3 is 0 Å². The molecule has 2 aliphatic rings. The van der Waals surface area contributed by atoms with Gasteiger partial charge in [0.15, 0.2) is 0 Å². The highest BCUT2D eigenvalue weighted by atomic mass is 15.3. The maximum absolute atomic E-state index is 4.33. The summed E-state index contributed by atoms with van der Waals surface area (Å²) in [6.45, 7) is 7.87. The van der Waals surface area contributed by atoms with E-state index in [9.17, 15) is 0 Å². The second-order valence-electron chi connectivity index (χ2n) is 7.42. The van der Waals surface area contributed by atoms with Crippen LogP contribution in [0.3, 0.4) is 0 Å². The zero-order valence-corrected chi connectivity index (χ0v) is 15.4. The van der Waals surface area contributed by atoms with Crippen LogP contribution in [0, 0.1) is 0 Å². The molecular weight excluding hydrogens is 308 g/mol. The Morgan fingerprint density at radius 1 is 1.16 bits per heavy atom. The van der Waals surface area contributed by atoms with E-state index < -0.39 is 0 Å². The molecule has 2 heterocycles. The van der Waals surface area contributed by atoms with Gasteiger partial charge in [-0.1, -0.05) is 13.0 Å². The van der Waals surface area contributed by atoms with Gasteiger partial charge in [-0.3, -0.25) is 9.58 Å². The first-order valence-electron chi connectivity index (χ1n) is 9.91. The van der Waals surface area contributed by atoms with Crippen LogP contribution in [0.25, 0.3) is 0 Å². The summed E-state index contributed by atoms with van der Waals surface area (Å²) in [7, 11) is 0. The van der Waals surface area contributed by atoms with E-state index in [1.54, 1.807) is 11.1 Å². The molecule has 0 atom stereocenters. The van der Waals surface area contributed by atoms with E-state index in [1.807, 2.05) is 16.9 Å². The number of benzene rings is 1. The molecule has 0 radical (unpaired) electrons. The number of fused-ring (bicyclic) bond motifs is 1. The van der Waals surface area contributed by atoms with E-state index in [2.05, 4.69) is 46.2 Å². The maximum Gasteiger partial charge on any atom is 0.0536 e. The van der Waals surface area contributed by atoms with E-state index in [4.69, 9.17) is 0 Å². The number of hydrogen-bond acceptors (Lipinski definition) is 3. The molecule has 4 rings (SSSR count). The summed E-state index contributed by atoms with van der Waals surface area (Å²) in [5.41, 5.74) is 4.61. The topological polar surface area (TPSA) is 24.3 Å². The van der Waals surface area contributed by atoms with Crippen LogP contribution in [-0.2, 0) is 19.4 Å². The summed E-state index contributed by atoms with van der Waals surface area (Å²) in [4.78, 5) is 5.23. The monoisotopic (exact) mass is 338 g/mol. The van der Waals surface area contributed by atoms with Crippen molar-refractivity contribution in [1.82, 2.24) is 14.7 Å². The molecule has 1 aromatic heterocycles. The molecule has 1 fully saturated rings. The van der Waals surface area contributed by atoms with Gasteiger partial charge < -0.3 is 4.90 Å². The lowest BCUT2D eigenvalue weighted by molar-refractivity contribution is 0.169. The van der Waals surface area contributed by atoms with Gasteiger partial charge in [-0.05, 0) is 68.0 Å². The Morgan fingerprint density at radius 2 is 2.00 bits per heavy atom. The van der Waals surface area contributed by atoms with Crippen molar-refractivity contribution in [2.45, 2.75) is 51.6 Å². The Labute approximate surface area is 151 Å². The van der Waals surface area contributed by atoms with E-state index in [1.165, 1.54) is 50.9 Å². The Morgan fingerprint density at radius 3 is 2.76 bits per heavy atom. The maximum atomic E-state index is 4.33. The normalized spacial score (nSPS) is 18.1. The average Bonchev–Trinajstić information content (AvgIpc) is 3.34. The summed E-state index contributed by atoms with van der Waals surface area (Å²) < 4.78 is 2.04. The van der Waals surface area contributed by atoms with Gasteiger partial charge in [0.2, 0.25) is 0 Å². The Hall–Kier alpha value is -1.81. The van der Waals surface area contributed by atoms with Crippen molar-refractivity contribution in [3.05, 3.63) is 47.8 Å². The fourth-order valence-electron chi connectivity index (χ4n) is 4.51. The van der Waals surface area contributed by atoms with Crippen molar-refractivity contribution in [3.8, 4) is 0 Å². The molecule has 1 aliphatic heterocycles. The summed E-state index contributed by atoms with van der Waals surface area (Å²) >= 11 is 0. The van der Waals surface area contributed by atoms with Crippen LogP contribution >= 0.6 is 0 Å². The molecule has 1 saturated heterocycles. The van der Waals surface area contributed by atoms with E-state index in [0.717, 1.165) is 19.6 Å². The highest BCUT2D eigenvalue weighted by molar-refractivity contribution is 5.52. The molecule has 0 amide bonds. The lowest BCUT2D eigenvalue weighted by Crippen LogP contribution is -2.46. The lowest BCUT2D eigenvalue weighted by Gasteiger charge is -2.39. The molecule has 2 aromatic rings. The van der Waals surface area contributed by atoms with Gasteiger partial charge in [-0.2, -0.15) is 5.10 Å². The molecular formula is C21H30N4. The molecule has 4 nitrogen and oxygen atoms in total. The van der Waals surface area contributed by atoms with Crippen molar-refractivity contribution in [3.63, 3.8) is 0 Å². The van der Waals surface area contributed by atoms with Gasteiger partial charge in [0.25, 0.3) is 0 Å². The van der Waals surface area contributed by atoms with Gasteiger partial charge in [0.05, 0.1) is 6.54 Å². The number of piperidine rings is 1. The van der Waals surface area contributed by atoms with Gasteiger partial charge in [0, 0.05) is 43.8 Å². The van der Waals surface area contributed by atoms with Crippen LogP contribution < -0.4 is 4.90 Å². The Kier molecular flexibility index (Phi) is 5.07. The molecule has 1 aliphatic carbocycles. The molecule has 25 heavy (non-hydrogen) atoms. The summed E-state index contributed by atoms with van der Waals surface area (Å²) in [6.07, 6.45) is 10.3. The molecule has 0 unspecified atom stereocenters. The van der Waals surface area contributed by atoms with Gasteiger partial charge in [0.1, 0.15) is 0 Å². The first-order chi connectivity index (χ1) is 12.3. The van der Waals surface area contributed by atoms with Crippen molar-refractivity contribution in [1.29, 1.82) is 0 Å². The second kappa shape index (κ2) is 7.61. The van der Waals surface area contributed by atoms with Crippen LogP contribution in [0.1, 0.15) is 37.3 Å². The summed E-state index contributed by atoms with van der Waals surface area (Å²) in [6, 6.07) is 9.89. The molecule has 1 aromatic carbocycles. The van der Waals surface area contributed by atoms with Crippen LogP contribution in [0.15, 0.2) is 36.7 Å². The third kappa shape index (κ3) is 3.74. The number of likely N-dealkylation sites (N-methyl/N-ethyl adjacent to an activating group) is 1. The number of nitrogens with zero attached hydrogens (tertiary/aromatic N) is 4. The number of hydrogen-bond donors (Lipinski definition) is 0. The fourth-order valence-corrected chi connectivity index (χ4v) is 4.51. The molecule has 0 saturated carbocycles. The highest BCUT2D eigenvalue weighted by Gasteiger charge is 2.24. The molecule has 0 bridgehead atoms. The van der Waals surface area contributed by atoms with Crippen LogP contribution in [-0.4, -0.2) is 46.9 Å². The number of anilines is 1. The number of aryl methyl sites for hydroxylation is 2. The Bertz CT molecular complexity index is 671. The first kappa shape index (κ1) is 16.6. The van der Waals surface area contributed by atoms with E-state index >= 15 is 0 Å². The summed E-state index contributed by atoms with van der Waals surface area (Å²) in [5.74, 6) is 0. The SMILES string of the molecule is CCN(CCn1cccn1)C1CCN(c2ccc3c(c2)CCC3)CC1.